The van der Waals surface area contributed by atoms with Crippen LogP contribution in [0.25, 0.3) is 10.2 Å². The number of carbonyl (C=O) groups is 2. The van der Waals surface area contributed by atoms with Gasteiger partial charge in [-0.1, -0.05) is 25.6 Å². The van der Waals surface area contributed by atoms with Crippen molar-refractivity contribution in [1.29, 1.82) is 0 Å². The van der Waals surface area contributed by atoms with Gasteiger partial charge in [0.15, 0.2) is 0 Å². The fraction of sp³-hybridized carbons (Fsp3) is 0.529. The highest BCUT2D eigenvalue weighted by Crippen LogP contribution is 2.36. The molecule has 1 N–H and O–H groups in total. The maximum Gasteiger partial charge on any atom is 0.325 e. The summed E-state index contributed by atoms with van der Waals surface area (Å²) in [6.07, 6.45) is 1.65. The molecule has 0 aliphatic carbocycles. The molecule has 2 heterocycles. The minimum Gasteiger partial charge on any atom is -0.465 e. The number of ether oxygens (including phenoxy) is 1. The van der Waals surface area contributed by atoms with Gasteiger partial charge in [-0.15, -0.1) is 11.3 Å². The number of nitrogens with one attached hydrogen (secondary N) is 1. The van der Waals surface area contributed by atoms with E-state index >= 15 is 0 Å². The first-order valence-corrected chi connectivity index (χ1v) is 10.1. The Morgan fingerprint density at radius 3 is 2.60 bits per heavy atom. The maximum absolute atomic E-state index is 12.0. The summed E-state index contributed by atoms with van der Waals surface area (Å²) in [5.41, 5.74) is 1.25. The van der Waals surface area contributed by atoms with Crippen LogP contribution in [0.1, 0.15) is 37.0 Å². The minimum atomic E-state index is -0.430. The van der Waals surface area contributed by atoms with Crippen molar-refractivity contribution in [3.05, 3.63) is 16.3 Å². The van der Waals surface area contributed by atoms with E-state index in [-0.39, 0.29) is 18.2 Å². The number of fused-ring (bicyclic) bond motifs is 1. The van der Waals surface area contributed by atoms with Gasteiger partial charge in [-0.25, -0.2) is 9.97 Å². The summed E-state index contributed by atoms with van der Waals surface area (Å²) in [5.74, 6) is 0.339. The van der Waals surface area contributed by atoms with Crippen molar-refractivity contribution in [2.45, 2.75) is 45.6 Å². The summed E-state index contributed by atoms with van der Waals surface area (Å²) in [4.78, 5) is 34.8. The lowest BCUT2D eigenvalue weighted by molar-refractivity contribution is -0.143. The van der Waals surface area contributed by atoms with E-state index in [1.54, 1.807) is 18.3 Å². The molecule has 1 amide bonds. The fourth-order valence-electron chi connectivity index (χ4n) is 2.43. The average Bonchev–Trinajstić information content (AvgIpc) is 2.92. The Balaban J connectivity index is 2.14. The molecule has 25 heavy (non-hydrogen) atoms. The second kappa shape index (κ2) is 9.15. The summed E-state index contributed by atoms with van der Waals surface area (Å²) < 4.78 is 4.80. The summed E-state index contributed by atoms with van der Waals surface area (Å²) in [6.45, 7) is 8.15. The quantitative estimate of drug-likeness (QED) is 0.430. The third-order valence-corrected chi connectivity index (χ3v) is 5.63. The molecule has 0 radical (unpaired) electrons. The lowest BCUT2D eigenvalue weighted by Crippen LogP contribution is -2.31. The first-order chi connectivity index (χ1) is 12.0. The molecule has 136 valence electrons. The summed E-state index contributed by atoms with van der Waals surface area (Å²) >= 11 is 3.06. The highest BCUT2D eigenvalue weighted by molar-refractivity contribution is 8.00. The first-order valence-electron chi connectivity index (χ1n) is 8.34. The molecule has 0 aromatic carbocycles. The van der Waals surface area contributed by atoms with Gasteiger partial charge in [-0.05, 0) is 25.8 Å². The van der Waals surface area contributed by atoms with Crippen molar-refractivity contribution < 1.29 is 14.3 Å². The van der Waals surface area contributed by atoms with E-state index < -0.39 is 5.97 Å². The third-order valence-electron chi connectivity index (χ3n) is 3.61. The zero-order valence-electron chi connectivity index (χ0n) is 15.0. The summed E-state index contributed by atoms with van der Waals surface area (Å²) in [6, 6.07) is 0. The van der Waals surface area contributed by atoms with Crippen LogP contribution < -0.4 is 5.32 Å². The first kappa shape index (κ1) is 19.7. The van der Waals surface area contributed by atoms with E-state index in [1.807, 2.05) is 6.92 Å². The molecule has 0 aliphatic heterocycles. The summed E-state index contributed by atoms with van der Waals surface area (Å²) in [5, 5.41) is 4.48. The van der Waals surface area contributed by atoms with E-state index in [0.29, 0.717) is 6.61 Å². The van der Waals surface area contributed by atoms with Crippen molar-refractivity contribution in [2.24, 2.45) is 0 Å². The lowest BCUT2D eigenvalue weighted by atomic mass is 10.1. The normalized spacial score (nSPS) is 10.9. The Morgan fingerprint density at radius 2 is 1.96 bits per heavy atom. The van der Waals surface area contributed by atoms with Crippen LogP contribution >= 0.6 is 23.1 Å². The smallest absolute Gasteiger partial charge is 0.325 e. The predicted octanol–water partition coefficient (Wildman–Crippen LogP) is 2.90. The minimum absolute atomic E-state index is 0.107. The van der Waals surface area contributed by atoms with Gasteiger partial charge < -0.3 is 10.1 Å². The number of hydrogen-bond donors (Lipinski definition) is 1. The fourth-order valence-corrected chi connectivity index (χ4v) is 4.53. The molecule has 0 bridgehead atoms. The number of amides is 1. The molecule has 0 atom stereocenters. The molecule has 0 saturated heterocycles. The number of thioether (sulfide) groups is 1. The van der Waals surface area contributed by atoms with E-state index in [2.05, 4.69) is 29.1 Å². The highest BCUT2D eigenvalue weighted by Gasteiger charge is 2.17. The topological polar surface area (TPSA) is 81.2 Å². The van der Waals surface area contributed by atoms with Gasteiger partial charge in [0, 0.05) is 16.7 Å². The molecular formula is C17H23N3O3S2. The lowest BCUT2D eigenvalue weighted by Gasteiger charge is -2.07. The van der Waals surface area contributed by atoms with E-state index in [9.17, 15) is 9.59 Å². The number of thiophene rings is 1. The van der Waals surface area contributed by atoms with Gasteiger partial charge >= 0.3 is 5.97 Å². The van der Waals surface area contributed by atoms with Crippen LogP contribution in [-0.4, -0.2) is 40.7 Å². The molecular weight excluding hydrogens is 358 g/mol. The highest BCUT2D eigenvalue weighted by atomic mass is 32.2. The summed E-state index contributed by atoms with van der Waals surface area (Å²) in [7, 11) is 0. The number of aromatic nitrogens is 2. The van der Waals surface area contributed by atoms with Gasteiger partial charge in [0.25, 0.3) is 0 Å². The molecule has 8 heteroatoms. The van der Waals surface area contributed by atoms with Crippen LogP contribution in [-0.2, 0) is 27.2 Å². The Labute approximate surface area is 155 Å². The second-order valence-electron chi connectivity index (χ2n) is 5.34. The third kappa shape index (κ3) is 4.92. The molecule has 2 aromatic rings. The number of hydrogen-bond acceptors (Lipinski definition) is 7. The van der Waals surface area contributed by atoms with Crippen LogP contribution in [0, 0.1) is 6.92 Å². The van der Waals surface area contributed by atoms with Crippen LogP contribution in [0.3, 0.4) is 0 Å². The van der Waals surface area contributed by atoms with Gasteiger partial charge in [0.05, 0.1) is 12.4 Å². The Bertz CT molecular complexity index is 774. The van der Waals surface area contributed by atoms with Gasteiger partial charge in [0.2, 0.25) is 5.91 Å². The largest absolute Gasteiger partial charge is 0.465 e. The number of nitrogens with zero attached hydrogens (tertiary/aromatic N) is 2. The Kier molecular flexibility index (Phi) is 7.19. The van der Waals surface area contributed by atoms with Crippen LogP contribution in [0.4, 0.5) is 0 Å². The van der Waals surface area contributed by atoms with Crippen molar-refractivity contribution in [3.8, 4) is 0 Å². The zero-order chi connectivity index (χ0) is 18.4. The SMILES string of the molecule is CCOC(=O)CNC(=O)CSc1nc(CC)nc2sc(C)c(CC)c12. The van der Waals surface area contributed by atoms with Gasteiger partial charge in [0.1, 0.15) is 22.2 Å². The molecule has 2 rings (SSSR count). The molecule has 0 fully saturated rings. The van der Waals surface area contributed by atoms with E-state index in [4.69, 9.17) is 4.74 Å². The Hall–Kier alpha value is -1.67. The van der Waals surface area contributed by atoms with Crippen molar-refractivity contribution >= 4 is 45.2 Å². The van der Waals surface area contributed by atoms with E-state index in [1.165, 1.54) is 22.2 Å². The number of carbonyl (C=O) groups excluding carboxylic acids is 2. The zero-order valence-corrected chi connectivity index (χ0v) is 16.6. The molecule has 2 aromatic heterocycles. The molecule has 0 spiro atoms. The number of aryl methyl sites for hydroxylation is 3. The van der Waals surface area contributed by atoms with Gasteiger partial charge in [-0.3, -0.25) is 9.59 Å². The Morgan fingerprint density at radius 1 is 1.20 bits per heavy atom. The van der Waals surface area contributed by atoms with Gasteiger partial charge in [-0.2, -0.15) is 0 Å². The van der Waals surface area contributed by atoms with Crippen LogP contribution in [0.15, 0.2) is 5.03 Å². The second-order valence-corrected chi connectivity index (χ2v) is 7.51. The molecule has 0 unspecified atom stereocenters. The van der Waals surface area contributed by atoms with Crippen LogP contribution in [0.2, 0.25) is 0 Å². The number of esters is 1. The van der Waals surface area contributed by atoms with Crippen LogP contribution in [0.5, 0.6) is 0 Å². The van der Waals surface area contributed by atoms with E-state index in [0.717, 1.165) is 33.9 Å². The molecule has 0 aliphatic rings. The monoisotopic (exact) mass is 381 g/mol. The molecule has 6 nitrogen and oxygen atoms in total. The average molecular weight is 382 g/mol. The van der Waals surface area contributed by atoms with Crippen molar-refractivity contribution in [1.82, 2.24) is 15.3 Å². The number of rotatable bonds is 8. The molecule has 0 saturated carbocycles. The maximum atomic E-state index is 12.0. The van der Waals surface area contributed by atoms with Crippen molar-refractivity contribution in [2.75, 3.05) is 18.9 Å². The van der Waals surface area contributed by atoms with Crippen molar-refractivity contribution in [3.63, 3.8) is 0 Å². The standard InChI is InChI=1S/C17H23N3O3S2/c1-5-11-10(4)25-17-15(11)16(19-12(6-2)20-17)24-9-13(21)18-8-14(22)23-7-3/h5-9H2,1-4H3,(H,18,21). The predicted molar refractivity (Wildman–Crippen MR) is 101 cm³/mol.